The summed E-state index contributed by atoms with van der Waals surface area (Å²) in [4.78, 5) is 17.2. The number of rotatable bonds is 8. The van der Waals surface area contributed by atoms with Gasteiger partial charge in [-0.15, -0.1) is 0 Å². The number of nitrogens with zero attached hydrogens (tertiary/aromatic N) is 2. The van der Waals surface area contributed by atoms with Crippen molar-refractivity contribution in [2.24, 2.45) is 11.8 Å². The molecule has 0 aromatic carbocycles. The van der Waals surface area contributed by atoms with Crippen LogP contribution in [0.25, 0.3) is 0 Å². The highest BCUT2D eigenvalue weighted by molar-refractivity contribution is 5.73. The van der Waals surface area contributed by atoms with Gasteiger partial charge in [-0.05, 0) is 76.7 Å². The lowest BCUT2D eigenvalue weighted by atomic mass is 9.94. The third kappa shape index (κ3) is 7.53. The molecule has 5 nitrogen and oxygen atoms in total. The van der Waals surface area contributed by atoms with Gasteiger partial charge >= 0.3 is 6.03 Å². The Bertz CT molecular complexity index is 374. The van der Waals surface area contributed by atoms with E-state index in [1.54, 1.807) is 0 Å². The monoisotopic (exact) mass is 352 g/mol. The van der Waals surface area contributed by atoms with Crippen LogP contribution in [0.2, 0.25) is 0 Å². The number of piperidine rings is 2. The van der Waals surface area contributed by atoms with Gasteiger partial charge in [-0.2, -0.15) is 0 Å². The zero-order valence-corrected chi connectivity index (χ0v) is 16.7. The smallest absolute Gasteiger partial charge is 0.314 e. The number of hydrogen-bond donors (Lipinski definition) is 2. The Kier molecular flexibility index (Phi) is 9.04. The topological polar surface area (TPSA) is 47.6 Å². The van der Waals surface area contributed by atoms with Gasteiger partial charge in [0.05, 0.1) is 0 Å². The van der Waals surface area contributed by atoms with E-state index in [0.29, 0.717) is 12.0 Å². The standard InChI is InChI=1S/C20H40N4O/c1-17(2)19(24-14-8-18(3)9-15-24)16-22-20(25)21-10-7-13-23-11-5-4-6-12-23/h17-19H,4-16H2,1-3H3,(H2,21,22,25). The number of hydrogen-bond acceptors (Lipinski definition) is 3. The van der Waals surface area contributed by atoms with Crippen molar-refractivity contribution in [1.29, 1.82) is 0 Å². The van der Waals surface area contributed by atoms with Crippen LogP contribution in [0.5, 0.6) is 0 Å². The Morgan fingerprint density at radius 2 is 1.72 bits per heavy atom. The fraction of sp³-hybridized carbons (Fsp3) is 0.950. The minimum absolute atomic E-state index is 0.00493. The Morgan fingerprint density at radius 3 is 2.36 bits per heavy atom. The van der Waals surface area contributed by atoms with Gasteiger partial charge in [0, 0.05) is 19.1 Å². The van der Waals surface area contributed by atoms with Crippen LogP contribution in [0.15, 0.2) is 0 Å². The first kappa shape index (κ1) is 20.5. The van der Waals surface area contributed by atoms with Crippen LogP contribution in [0.1, 0.15) is 59.3 Å². The highest BCUT2D eigenvalue weighted by Gasteiger charge is 2.25. The molecule has 2 heterocycles. The maximum atomic E-state index is 12.1. The number of nitrogens with one attached hydrogen (secondary N) is 2. The molecule has 2 rings (SSSR count). The van der Waals surface area contributed by atoms with Crippen LogP contribution < -0.4 is 10.6 Å². The van der Waals surface area contributed by atoms with Crippen molar-refractivity contribution in [1.82, 2.24) is 20.4 Å². The van der Waals surface area contributed by atoms with Crippen molar-refractivity contribution in [2.45, 2.75) is 65.3 Å². The lowest BCUT2D eigenvalue weighted by Gasteiger charge is -2.38. The van der Waals surface area contributed by atoms with Crippen molar-refractivity contribution in [3.8, 4) is 0 Å². The van der Waals surface area contributed by atoms with Gasteiger partial charge in [-0.1, -0.05) is 27.2 Å². The third-order valence-corrected chi connectivity index (χ3v) is 5.91. The summed E-state index contributed by atoms with van der Waals surface area (Å²) in [6, 6.07) is 0.446. The SMILES string of the molecule is CC1CCN(C(CNC(=O)NCCCN2CCCCC2)C(C)C)CC1. The molecule has 146 valence electrons. The summed E-state index contributed by atoms with van der Waals surface area (Å²) in [6.07, 6.45) is 7.66. The molecule has 2 amide bonds. The van der Waals surface area contributed by atoms with Crippen LogP contribution in [0, 0.1) is 11.8 Å². The summed E-state index contributed by atoms with van der Waals surface area (Å²) in [5, 5.41) is 6.14. The van der Waals surface area contributed by atoms with Crippen molar-refractivity contribution in [3.63, 3.8) is 0 Å². The zero-order chi connectivity index (χ0) is 18.1. The molecule has 2 N–H and O–H groups in total. The molecule has 0 saturated carbocycles. The summed E-state index contributed by atoms with van der Waals surface area (Å²) >= 11 is 0. The summed E-state index contributed by atoms with van der Waals surface area (Å²) in [6.45, 7) is 14.3. The fourth-order valence-corrected chi connectivity index (χ4v) is 4.09. The maximum Gasteiger partial charge on any atom is 0.314 e. The molecule has 2 saturated heterocycles. The molecule has 5 heteroatoms. The molecule has 0 aromatic rings. The number of likely N-dealkylation sites (tertiary alicyclic amines) is 2. The predicted octanol–water partition coefficient (Wildman–Crippen LogP) is 2.92. The van der Waals surface area contributed by atoms with Gasteiger partial charge in [0.15, 0.2) is 0 Å². The van der Waals surface area contributed by atoms with E-state index in [1.165, 1.54) is 58.3 Å². The van der Waals surface area contributed by atoms with E-state index >= 15 is 0 Å². The molecule has 1 unspecified atom stereocenters. The molecule has 25 heavy (non-hydrogen) atoms. The molecule has 2 aliphatic rings. The second-order valence-corrected chi connectivity index (χ2v) is 8.42. The molecule has 0 spiro atoms. The van der Waals surface area contributed by atoms with Gasteiger partial charge in [-0.25, -0.2) is 4.79 Å². The van der Waals surface area contributed by atoms with Crippen molar-refractivity contribution in [2.75, 3.05) is 45.8 Å². The average molecular weight is 353 g/mol. The highest BCUT2D eigenvalue weighted by Crippen LogP contribution is 2.21. The van der Waals surface area contributed by atoms with Gasteiger partial charge < -0.3 is 15.5 Å². The van der Waals surface area contributed by atoms with Crippen LogP contribution in [0.3, 0.4) is 0 Å². The van der Waals surface area contributed by atoms with Gasteiger partial charge in [-0.3, -0.25) is 4.90 Å². The van der Waals surface area contributed by atoms with Crippen molar-refractivity contribution >= 4 is 6.03 Å². The van der Waals surface area contributed by atoms with E-state index < -0.39 is 0 Å². The maximum absolute atomic E-state index is 12.1. The first-order valence-corrected chi connectivity index (χ1v) is 10.5. The van der Waals surface area contributed by atoms with Crippen LogP contribution in [-0.4, -0.2) is 67.7 Å². The van der Waals surface area contributed by atoms with Crippen molar-refractivity contribution < 1.29 is 4.79 Å². The van der Waals surface area contributed by atoms with Crippen LogP contribution >= 0.6 is 0 Å². The van der Waals surface area contributed by atoms with E-state index in [-0.39, 0.29) is 6.03 Å². The summed E-state index contributed by atoms with van der Waals surface area (Å²) < 4.78 is 0. The number of amides is 2. The number of urea groups is 1. The fourth-order valence-electron chi connectivity index (χ4n) is 4.09. The van der Waals surface area contributed by atoms with E-state index in [4.69, 9.17) is 0 Å². The molecule has 0 bridgehead atoms. The zero-order valence-electron chi connectivity index (χ0n) is 16.7. The van der Waals surface area contributed by atoms with Crippen LogP contribution in [0.4, 0.5) is 4.79 Å². The van der Waals surface area contributed by atoms with Crippen LogP contribution in [-0.2, 0) is 0 Å². The van der Waals surface area contributed by atoms with Gasteiger partial charge in [0.2, 0.25) is 0 Å². The van der Waals surface area contributed by atoms with E-state index in [1.807, 2.05) is 0 Å². The minimum Gasteiger partial charge on any atom is -0.338 e. The summed E-state index contributed by atoms with van der Waals surface area (Å²) in [5.74, 6) is 1.41. The number of carbonyl (C=O) groups is 1. The first-order valence-electron chi connectivity index (χ1n) is 10.5. The second kappa shape index (κ2) is 11.0. The van der Waals surface area contributed by atoms with Gasteiger partial charge in [0.1, 0.15) is 0 Å². The third-order valence-electron chi connectivity index (χ3n) is 5.91. The molecule has 2 fully saturated rings. The molecule has 0 aromatic heterocycles. The Hall–Kier alpha value is -0.810. The molecule has 0 aliphatic carbocycles. The Labute approximate surface area is 154 Å². The summed E-state index contributed by atoms with van der Waals surface area (Å²) in [7, 11) is 0. The molecule has 0 radical (unpaired) electrons. The summed E-state index contributed by atoms with van der Waals surface area (Å²) in [5.41, 5.74) is 0. The molecule has 1 atom stereocenters. The highest BCUT2D eigenvalue weighted by atomic mass is 16.2. The quantitative estimate of drug-likeness (QED) is 0.660. The van der Waals surface area contributed by atoms with E-state index in [0.717, 1.165) is 32.0 Å². The molecular weight excluding hydrogens is 312 g/mol. The van der Waals surface area contributed by atoms with E-state index in [2.05, 4.69) is 41.2 Å². The Morgan fingerprint density at radius 1 is 1.04 bits per heavy atom. The van der Waals surface area contributed by atoms with E-state index in [9.17, 15) is 4.79 Å². The largest absolute Gasteiger partial charge is 0.338 e. The normalized spacial score (nSPS) is 22.1. The Balaban J connectivity index is 1.60. The first-order chi connectivity index (χ1) is 12.1. The van der Waals surface area contributed by atoms with Gasteiger partial charge in [0.25, 0.3) is 0 Å². The lowest BCUT2D eigenvalue weighted by molar-refractivity contribution is 0.108. The lowest BCUT2D eigenvalue weighted by Crippen LogP contribution is -2.51. The minimum atomic E-state index is -0.00493. The number of carbonyl (C=O) groups excluding carboxylic acids is 1. The molecular formula is C20H40N4O. The average Bonchev–Trinajstić information content (AvgIpc) is 2.61. The van der Waals surface area contributed by atoms with Crippen molar-refractivity contribution in [3.05, 3.63) is 0 Å². The molecule has 2 aliphatic heterocycles. The predicted molar refractivity (Wildman–Crippen MR) is 105 cm³/mol. The second-order valence-electron chi connectivity index (χ2n) is 8.42.